The molecule has 0 saturated heterocycles. The van der Waals surface area contributed by atoms with E-state index in [2.05, 4.69) is 16.6 Å². The Morgan fingerprint density at radius 3 is 3.07 bits per heavy atom. The highest BCUT2D eigenvalue weighted by molar-refractivity contribution is 7.10. The fourth-order valence-corrected chi connectivity index (χ4v) is 1.38. The first-order valence-electron chi connectivity index (χ1n) is 3.93. The Morgan fingerprint density at radius 2 is 2.50 bits per heavy atom. The predicted octanol–water partition coefficient (Wildman–Crippen LogP) is 1.53. The van der Waals surface area contributed by atoms with Crippen LogP contribution in [0, 0.1) is 23.2 Å². The molecule has 0 atom stereocenters. The molecule has 0 unspecified atom stereocenters. The van der Waals surface area contributed by atoms with Crippen LogP contribution >= 0.6 is 11.3 Å². The molecular weight excluding hydrogens is 198 g/mol. The van der Waals surface area contributed by atoms with Gasteiger partial charge in [0, 0.05) is 16.9 Å². The average Bonchev–Trinajstić information content (AvgIpc) is 2.63. The van der Waals surface area contributed by atoms with Crippen molar-refractivity contribution in [1.29, 1.82) is 5.26 Å². The highest BCUT2D eigenvalue weighted by Crippen LogP contribution is 2.11. The van der Waals surface area contributed by atoms with E-state index in [0.29, 0.717) is 17.0 Å². The van der Waals surface area contributed by atoms with Crippen molar-refractivity contribution in [3.05, 3.63) is 21.9 Å². The van der Waals surface area contributed by atoms with Gasteiger partial charge in [0.15, 0.2) is 0 Å². The lowest BCUT2D eigenvalue weighted by atomic mass is 10.3. The monoisotopic (exact) mass is 205 g/mol. The van der Waals surface area contributed by atoms with E-state index in [1.54, 1.807) is 18.4 Å². The number of nitrogens with zero attached hydrogens (tertiary/aromatic N) is 1. The van der Waals surface area contributed by atoms with Gasteiger partial charge in [-0.3, -0.25) is 0 Å². The van der Waals surface area contributed by atoms with E-state index in [9.17, 15) is 4.79 Å². The summed E-state index contributed by atoms with van der Waals surface area (Å²) >= 11 is 1.30. The Labute approximate surface area is 85.9 Å². The topological polar surface area (TPSA) is 50.1 Å². The third-order valence-corrected chi connectivity index (χ3v) is 2.13. The second-order valence-electron chi connectivity index (χ2n) is 2.28. The molecule has 0 aliphatic rings. The van der Waals surface area contributed by atoms with Crippen LogP contribution in [0.15, 0.2) is 11.4 Å². The molecule has 4 heteroatoms. The van der Waals surface area contributed by atoms with E-state index in [1.807, 2.05) is 6.07 Å². The van der Waals surface area contributed by atoms with Gasteiger partial charge in [-0.05, 0) is 13.0 Å². The van der Waals surface area contributed by atoms with Gasteiger partial charge in [0.25, 0.3) is 0 Å². The van der Waals surface area contributed by atoms with Crippen LogP contribution in [0.2, 0.25) is 0 Å². The number of hydrogen-bond acceptors (Lipinski definition) is 4. The molecule has 0 saturated carbocycles. The van der Waals surface area contributed by atoms with Crippen molar-refractivity contribution in [2.45, 2.75) is 6.92 Å². The number of esters is 1. The maximum Gasteiger partial charge on any atom is 0.384 e. The summed E-state index contributed by atoms with van der Waals surface area (Å²) in [5.41, 5.74) is 0.666. The number of thiophene rings is 1. The second-order valence-corrected chi connectivity index (χ2v) is 3.19. The van der Waals surface area contributed by atoms with Crippen molar-refractivity contribution >= 4 is 17.3 Å². The molecule has 1 heterocycles. The first-order chi connectivity index (χ1) is 6.76. The van der Waals surface area contributed by atoms with Crippen LogP contribution in [-0.2, 0) is 9.53 Å². The molecule has 0 aromatic carbocycles. The molecule has 0 aliphatic carbocycles. The van der Waals surface area contributed by atoms with Crippen molar-refractivity contribution in [2.24, 2.45) is 0 Å². The Bertz CT molecular complexity index is 431. The third-order valence-electron chi connectivity index (χ3n) is 1.29. The van der Waals surface area contributed by atoms with E-state index >= 15 is 0 Å². The van der Waals surface area contributed by atoms with Gasteiger partial charge in [0.05, 0.1) is 6.61 Å². The quantitative estimate of drug-likeness (QED) is 0.516. The number of nitriles is 1. The van der Waals surface area contributed by atoms with E-state index in [4.69, 9.17) is 5.26 Å². The third kappa shape index (κ3) is 2.93. The maximum absolute atomic E-state index is 10.8. The minimum Gasteiger partial charge on any atom is -0.456 e. The van der Waals surface area contributed by atoms with E-state index in [1.165, 1.54) is 11.3 Å². The van der Waals surface area contributed by atoms with Crippen LogP contribution in [0.5, 0.6) is 0 Å². The van der Waals surface area contributed by atoms with Crippen LogP contribution in [-0.4, -0.2) is 12.6 Å². The standard InChI is InChI=1S/C10H7NO2S/c1-2-13-10(12)4-3-8-5-9(6-11)14-7-8/h5,7H,2H2,1H3. The lowest BCUT2D eigenvalue weighted by Gasteiger charge is -1.89. The molecule has 1 rings (SSSR count). The van der Waals surface area contributed by atoms with Crippen molar-refractivity contribution in [3.63, 3.8) is 0 Å². The van der Waals surface area contributed by atoms with E-state index in [0.717, 1.165) is 0 Å². The summed E-state index contributed by atoms with van der Waals surface area (Å²) in [5, 5.41) is 10.3. The normalized spacial score (nSPS) is 8.29. The highest BCUT2D eigenvalue weighted by Gasteiger charge is 1.96. The first-order valence-corrected chi connectivity index (χ1v) is 4.81. The number of carbonyl (C=O) groups excluding carboxylic acids is 1. The van der Waals surface area contributed by atoms with Gasteiger partial charge in [0.2, 0.25) is 0 Å². The molecule has 3 nitrogen and oxygen atoms in total. The van der Waals surface area contributed by atoms with Gasteiger partial charge >= 0.3 is 5.97 Å². The number of hydrogen-bond donors (Lipinski definition) is 0. The van der Waals surface area contributed by atoms with Crippen LogP contribution in [0.1, 0.15) is 17.4 Å². The Morgan fingerprint density at radius 1 is 1.71 bits per heavy atom. The van der Waals surface area contributed by atoms with E-state index in [-0.39, 0.29) is 0 Å². The van der Waals surface area contributed by atoms with Crippen LogP contribution in [0.25, 0.3) is 0 Å². The van der Waals surface area contributed by atoms with Gasteiger partial charge in [-0.2, -0.15) is 5.26 Å². The summed E-state index contributed by atoms with van der Waals surface area (Å²) in [6.45, 7) is 2.04. The zero-order valence-electron chi connectivity index (χ0n) is 7.53. The summed E-state index contributed by atoms with van der Waals surface area (Å²) in [6, 6.07) is 3.63. The largest absolute Gasteiger partial charge is 0.456 e. The molecule has 0 amide bonds. The molecule has 0 aliphatic heterocycles. The lowest BCUT2D eigenvalue weighted by molar-refractivity contribution is -0.136. The summed E-state index contributed by atoms with van der Waals surface area (Å²) in [6.07, 6.45) is 0. The Balaban J connectivity index is 2.68. The van der Waals surface area contributed by atoms with Crippen molar-refractivity contribution in [1.82, 2.24) is 0 Å². The van der Waals surface area contributed by atoms with Gasteiger partial charge in [-0.1, -0.05) is 5.92 Å². The van der Waals surface area contributed by atoms with Gasteiger partial charge in [-0.25, -0.2) is 4.79 Å². The van der Waals surface area contributed by atoms with Crippen LogP contribution < -0.4 is 0 Å². The number of ether oxygens (including phenoxy) is 1. The lowest BCUT2D eigenvalue weighted by Crippen LogP contribution is -1.99. The number of rotatable bonds is 1. The smallest absolute Gasteiger partial charge is 0.384 e. The predicted molar refractivity (Wildman–Crippen MR) is 52.5 cm³/mol. The van der Waals surface area contributed by atoms with E-state index < -0.39 is 5.97 Å². The maximum atomic E-state index is 10.8. The second kappa shape index (κ2) is 5.06. The Kier molecular flexibility index (Phi) is 3.72. The average molecular weight is 205 g/mol. The molecule has 0 spiro atoms. The fraction of sp³-hybridized carbons (Fsp3) is 0.200. The van der Waals surface area contributed by atoms with Gasteiger partial charge in [-0.15, -0.1) is 11.3 Å². The first kappa shape index (κ1) is 10.3. The molecule has 14 heavy (non-hydrogen) atoms. The minimum absolute atomic E-state index is 0.320. The highest BCUT2D eigenvalue weighted by atomic mass is 32.1. The van der Waals surface area contributed by atoms with Crippen LogP contribution in [0.3, 0.4) is 0 Å². The van der Waals surface area contributed by atoms with Crippen molar-refractivity contribution < 1.29 is 9.53 Å². The van der Waals surface area contributed by atoms with Gasteiger partial charge < -0.3 is 4.74 Å². The van der Waals surface area contributed by atoms with Crippen molar-refractivity contribution in [2.75, 3.05) is 6.61 Å². The molecule has 1 aromatic heterocycles. The molecule has 1 aromatic rings. The molecule has 0 bridgehead atoms. The zero-order chi connectivity index (χ0) is 10.4. The summed E-state index contributed by atoms with van der Waals surface area (Å²) in [4.78, 5) is 11.4. The molecule has 70 valence electrons. The molecular formula is C10H7NO2S. The van der Waals surface area contributed by atoms with Gasteiger partial charge in [0.1, 0.15) is 10.9 Å². The molecule has 0 fully saturated rings. The SMILES string of the molecule is CCOC(=O)C#Cc1csc(C#N)c1. The zero-order valence-corrected chi connectivity index (χ0v) is 8.35. The summed E-state index contributed by atoms with van der Waals surface area (Å²) in [7, 11) is 0. The number of carbonyl (C=O) groups is 1. The summed E-state index contributed by atoms with van der Waals surface area (Å²) < 4.78 is 4.62. The van der Waals surface area contributed by atoms with Crippen molar-refractivity contribution in [3.8, 4) is 17.9 Å². The van der Waals surface area contributed by atoms with Crippen LogP contribution in [0.4, 0.5) is 0 Å². The molecule has 0 N–H and O–H groups in total. The minimum atomic E-state index is -0.544. The fourth-order valence-electron chi connectivity index (χ4n) is 0.751. The molecule has 0 radical (unpaired) electrons. The summed E-state index contributed by atoms with van der Waals surface area (Å²) in [5.74, 6) is 4.40. The Hall–Kier alpha value is -1.78.